The van der Waals surface area contributed by atoms with Crippen molar-refractivity contribution in [2.45, 2.75) is 94.9 Å². The minimum absolute atomic E-state index is 0.631. The molecule has 0 spiro atoms. The zero-order valence-electron chi connectivity index (χ0n) is 18.5. The highest BCUT2D eigenvalue weighted by atomic mass is 14.2. The number of aryl methyl sites for hydroxylation is 2. The van der Waals surface area contributed by atoms with Gasteiger partial charge in [0.2, 0.25) is 0 Å². The zero-order valence-corrected chi connectivity index (χ0v) is 18.5. The van der Waals surface area contributed by atoms with Gasteiger partial charge >= 0.3 is 0 Å². The molecule has 0 atom stereocenters. The molecule has 0 saturated carbocycles. The van der Waals surface area contributed by atoms with Crippen LogP contribution >= 0.6 is 0 Å². The topological polar surface area (TPSA) is 0 Å². The molecule has 0 aromatic heterocycles. The van der Waals surface area contributed by atoms with Crippen LogP contribution in [0.4, 0.5) is 0 Å². The van der Waals surface area contributed by atoms with Crippen molar-refractivity contribution in [1.82, 2.24) is 0 Å². The Labute approximate surface area is 152 Å². The molecule has 0 bridgehead atoms. The Morgan fingerprint density at radius 2 is 0.833 bits per heavy atom. The van der Waals surface area contributed by atoms with Crippen LogP contribution in [-0.2, 0) is 0 Å². The molecule has 0 amide bonds. The fraction of sp³-hybridized carbons (Fsp3) is 0.667. The third-order valence-corrected chi connectivity index (χ3v) is 5.30. The maximum absolute atomic E-state index is 2.36. The van der Waals surface area contributed by atoms with Gasteiger partial charge in [-0.3, -0.25) is 0 Å². The van der Waals surface area contributed by atoms with E-state index in [1.54, 1.807) is 11.1 Å². The molecule has 0 nitrogen and oxygen atoms in total. The first-order chi connectivity index (χ1) is 10.9. The number of benzene rings is 1. The predicted octanol–water partition coefficient (Wildman–Crippen LogP) is 8.19. The monoisotopic (exact) mass is 330 g/mol. The molecule has 24 heavy (non-hydrogen) atoms. The average molecular weight is 331 g/mol. The van der Waals surface area contributed by atoms with Gasteiger partial charge in [0.05, 0.1) is 0 Å². The van der Waals surface area contributed by atoms with Gasteiger partial charge in [0.15, 0.2) is 0 Å². The summed E-state index contributed by atoms with van der Waals surface area (Å²) in [6, 6.07) is 4.71. The lowest BCUT2D eigenvalue weighted by atomic mass is 9.87. The smallest absolute Gasteiger partial charge is 0.0216 e. The molecule has 138 valence electrons. The number of allylic oxidation sites excluding steroid dienone is 2. The van der Waals surface area contributed by atoms with Crippen LogP contribution in [0.2, 0.25) is 0 Å². The Bertz CT molecular complexity index is 490. The van der Waals surface area contributed by atoms with Gasteiger partial charge < -0.3 is 0 Å². The highest BCUT2D eigenvalue weighted by molar-refractivity contribution is 5.40. The third-order valence-electron chi connectivity index (χ3n) is 5.30. The maximum atomic E-state index is 2.36. The predicted molar refractivity (Wildman–Crippen MR) is 112 cm³/mol. The molecule has 0 unspecified atom stereocenters. The summed E-state index contributed by atoms with van der Waals surface area (Å²) >= 11 is 0. The maximum Gasteiger partial charge on any atom is -0.0216 e. The van der Waals surface area contributed by atoms with Crippen molar-refractivity contribution >= 4 is 0 Å². The summed E-state index contributed by atoms with van der Waals surface area (Å²) in [5.41, 5.74) is 8.97. The summed E-state index contributed by atoms with van der Waals surface area (Å²) in [4.78, 5) is 0. The number of hydrogen-bond acceptors (Lipinski definition) is 0. The molecule has 0 aliphatic heterocycles. The fourth-order valence-corrected chi connectivity index (χ4v) is 2.77. The molecule has 1 aromatic rings. The highest BCUT2D eigenvalue weighted by Gasteiger charge is 2.11. The molecule has 0 radical (unpaired) electrons. The molecule has 0 heteroatoms. The summed E-state index contributed by atoms with van der Waals surface area (Å²) in [5.74, 6) is 2.68. The third kappa shape index (κ3) is 6.83. The second-order valence-electron chi connectivity index (χ2n) is 8.55. The molecule has 0 heterocycles. The molecule has 0 saturated heterocycles. The summed E-state index contributed by atoms with van der Waals surface area (Å²) in [6.45, 7) is 27.0. The van der Waals surface area contributed by atoms with Gasteiger partial charge in [0.25, 0.3) is 0 Å². The lowest BCUT2D eigenvalue weighted by Crippen LogP contribution is -2.00. The van der Waals surface area contributed by atoms with E-state index >= 15 is 0 Å². The lowest BCUT2D eigenvalue weighted by Gasteiger charge is -2.18. The SMILES string of the molecule is C/C(=C(\C)C(C)C)C(C)C.Cc1cc(C(C)C)c(C(C)C)cc1C. The minimum atomic E-state index is 0.631. The van der Waals surface area contributed by atoms with Crippen molar-refractivity contribution in [2.75, 3.05) is 0 Å². The van der Waals surface area contributed by atoms with E-state index < -0.39 is 0 Å². The van der Waals surface area contributed by atoms with Crippen molar-refractivity contribution < 1.29 is 0 Å². The Morgan fingerprint density at radius 1 is 0.583 bits per heavy atom. The van der Waals surface area contributed by atoms with E-state index in [2.05, 4.69) is 95.2 Å². The van der Waals surface area contributed by atoms with Gasteiger partial charge in [-0.15, -0.1) is 0 Å². The second-order valence-corrected chi connectivity index (χ2v) is 8.55. The zero-order chi connectivity index (χ0) is 19.2. The van der Waals surface area contributed by atoms with Crippen LogP contribution in [0.3, 0.4) is 0 Å². The van der Waals surface area contributed by atoms with E-state index in [0.717, 1.165) is 0 Å². The van der Waals surface area contributed by atoms with Crippen LogP contribution in [0.25, 0.3) is 0 Å². The van der Waals surface area contributed by atoms with Gasteiger partial charge in [0.1, 0.15) is 0 Å². The van der Waals surface area contributed by atoms with E-state index in [1.165, 1.54) is 22.3 Å². The quantitative estimate of drug-likeness (QED) is 0.488. The van der Waals surface area contributed by atoms with Gasteiger partial charge in [-0.05, 0) is 73.6 Å². The number of rotatable bonds is 4. The molecule has 1 aromatic carbocycles. The van der Waals surface area contributed by atoms with Crippen LogP contribution in [-0.4, -0.2) is 0 Å². The minimum Gasteiger partial charge on any atom is -0.0716 e. The fourth-order valence-electron chi connectivity index (χ4n) is 2.77. The summed E-state index contributed by atoms with van der Waals surface area (Å²) in [5, 5.41) is 0. The number of hydrogen-bond donors (Lipinski definition) is 0. The highest BCUT2D eigenvalue weighted by Crippen LogP contribution is 2.28. The van der Waals surface area contributed by atoms with E-state index in [-0.39, 0.29) is 0 Å². The van der Waals surface area contributed by atoms with Crippen LogP contribution in [0.1, 0.15) is 103 Å². The second kappa shape index (κ2) is 10.1. The molecular formula is C24H42. The summed E-state index contributed by atoms with van der Waals surface area (Å²) < 4.78 is 0. The first kappa shape index (κ1) is 23.0. The molecule has 0 aliphatic carbocycles. The van der Waals surface area contributed by atoms with Crippen molar-refractivity contribution in [3.05, 3.63) is 45.5 Å². The van der Waals surface area contributed by atoms with Crippen LogP contribution < -0.4 is 0 Å². The normalized spacial score (nSPS) is 12.7. The van der Waals surface area contributed by atoms with Gasteiger partial charge in [-0.1, -0.05) is 78.7 Å². The van der Waals surface area contributed by atoms with Crippen LogP contribution in [0, 0.1) is 25.7 Å². The Balaban J connectivity index is 0.000000470. The Hall–Kier alpha value is -1.04. The standard InChI is InChI=1S/C14H22.C10H20/c1-9(2)13-7-11(5)12(6)8-14(13)10(3)4;1-7(2)9(5)10(6)8(3)4/h7-10H,1-6H3;7-8H,1-6H3/b;10-9-. The van der Waals surface area contributed by atoms with E-state index in [9.17, 15) is 0 Å². The van der Waals surface area contributed by atoms with Gasteiger partial charge in [0, 0.05) is 0 Å². The van der Waals surface area contributed by atoms with Crippen molar-refractivity contribution in [3.8, 4) is 0 Å². The van der Waals surface area contributed by atoms with Crippen molar-refractivity contribution in [3.63, 3.8) is 0 Å². The Kier molecular flexibility index (Phi) is 9.63. The molecule has 0 fully saturated rings. The molecule has 1 rings (SSSR count). The molecule has 0 aliphatic rings. The Morgan fingerprint density at radius 3 is 1.00 bits per heavy atom. The van der Waals surface area contributed by atoms with E-state index in [4.69, 9.17) is 0 Å². The van der Waals surface area contributed by atoms with Crippen molar-refractivity contribution in [2.24, 2.45) is 11.8 Å². The van der Waals surface area contributed by atoms with E-state index in [0.29, 0.717) is 23.7 Å². The largest absolute Gasteiger partial charge is 0.0716 e. The average Bonchev–Trinajstić information content (AvgIpc) is 2.47. The summed E-state index contributed by atoms with van der Waals surface area (Å²) in [7, 11) is 0. The first-order valence-electron chi connectivity index (χ1n) is 9.68. The van der Waals surface area contributed by atoms with Gasteiger partial charge in [-0.2, -0.15) is 0 Å². The van der Waals surface area contributed by atoms with Crippen molar-refractivity contribution in [1.29, 1.82) is 0 Å². The van der Waals surface area contributed by atoms with Crippen LogP contribution in [0.5, 0.6) is 0 Å². The summed E-state index contributed by atoms with van der Waals surface area (Å²) in [6.07, 6.45) is 0. The first-order valence-corrected chi connectivity index (χ1v) is 9.68. The molecule has 0 N–H and O–H groups in total. The van der Waals surface area contributed by atoms with Gasteiger partial charge in [-0.25, -0.2) is 0 Å². The van der Waals surface area contributed by atoms with Crippen LogP contribution in [0.15, 0.2) is 23.3 Å². The molecular weight excluding hydrogens is 288 g/mol. The van der Waals surface area contributed by atoms with E-state index in [1.807, 2.05) is 0 Å². The lowest BCUT2D eigenvalue weighted by molar-refractivity contribution is 0.691.